The molecule has 94 valence electrons. The fourth-order valence-electron chi connectivity index (χ4n) is 1.16. The van der Waals surface area contributed by atoms with Gasteiger partial charge >= 0.3 is 6.16 Å². The number of ether oxygens (including phenoxy) is 2. The fraction of sp³-hybridized carbons (Fsp3) is 0.417. The molecule has 0 atom stereocenters. The number of carbonyl (C=O) groups is 1. The molecule has 0 radical (unpaired) electrons. The van der Waals surface area contributed by atoms with Crippen LogP contribution in [0.2, 0.25) is 0 Å². The quantitative estimate of drug-likeness (QED) is 0.454. The van der Waals surface area contributed by atoms with Gasteiger partial charge in [-0.2, -0.15) is 0 Å². The van der Waals surface area contributed by atoms with Gasteiger partial charge in [0.1, 0.15) is 6.61 Å². The first-order chi connectivity index (χ1) is 8.26. The lowest BCUT2D eigenvalue weighted by atomic mass is 10.2. The Morgan fingerprint density at radius 2 is 2.00 bits per heavy atom. The number of unbranched alkanes of at least 4 members (excludes halogenated alkanes) is 1. The second-order valence-electron chi connectivity index (χ2n) is 3.55. The molecule has 0 aliphatic carbocycles. The van der Waals surface area contributed by atoms with E-state index in [1.807, 2.05) is 12.4 Å². The summed E-state index contributed by atoms with van der Waals surface area (Å²) in [5, 5.41) is 8.61. The van der Waals surface area contributed by atoms with Crippen LogP contribution in [0.25, 0.3) is 0 Å². The zero-order valence-corrected chi connectivity index (χ0v) is 9.81. The second-order valence-corrected chi connectivity index (χ2v) is 3.55. The van der Waals surface area contributed by atoms with Gasteiger partial charge in [-0.15, -0.1) is 0 Å². The lowest BCUT2D eigenvalue weighted by Gasteiger charge is -2.06. The van der Waals surface area contributed by atoms with E-state index in [1.54, 1.807) is 24.3 Å². The van der Waals surface area contributed by atoms with Crippen LogP contribution in [-0.4, -0.2) is 18.0 Å². The van der Waals surface area contributed by atoms with Gasteiger partial charge in [0.05, 0.1) is 12.3 Å². The summed E-state index contributed by atoms with van der Waals surface area (Å²) in [6, 6.07) is 6.86. The van der Waals surface area contributed by atoms with E-state index >= 15 is 0 Å². The third-order valence-electron chi connectivity index (χ3n) is 2.16. The largest absolute Gasteiger partial charge is 0.508 e. The molecule has 0 amide bonds. The molecule has 0 heterocycles. The Morgan fingerprint density at radius 3 is 2.59 bits per heavy atom. The third-order valence-corrected chi connectivity index (χ3v) is 2.16. The zero-order chi connectivity index (χ0) is 12.5. The zero-order valence-electron chi connectivity index (χ0n) is 9.81. The summed E-state index contributed by atoms with van der Waals surface area (Å²) in [5.41, 5.74) is 3.43. The van der Waals surface area contributed by atoms with Crippen molar-refractivity contribution in [3.8, 4) is 0 Å². The number of hydrogen-bond donors (Lipinski definition) is 2. The van der Waals surface area contributed by atoms with E-state index in [9.17, 15) is 4.79 Å². The van der Waals surface area contributed by atoms with Gasteiger partial charge in [-0.05, 0) is 24.1 Å². The predicted molar refractivity (Wildman–Crippen MR) is 62.9 cm³/mol. The van der Waals surface area contributed by atoms with Crippen molar-refractivity contribution in [1.82, 2.24) is 0 Å². The van der Waals surface area contributed by atoms with Crippen LogP contribution in [0.3, 0.4) is 0 Å². The highest BCUT2D eigenvalue weighted by molar-refractivity contribution is 5.59. The predicted octanol–water partition coefficient (Wildman–Crippen LogP) is 2.94. The number of anilines is 1. The Bertz CT molecular complexity index is 337. The molecule has 1 rings (SSSR count). The van der Waals surface area contributed by atoms with Crippen molar-refractivity contribution in [3.63, 3.8) is 0 Å². The minimum atomic E-state index is -0.650. The lowest BCUT2D eigenvalue weighted by molar-refractivity contribution is 0.0491. The van der Waals surface area contributed by atoms with Crippen LogP contribution < -0.4 is 5.48 Å². The molecule has 0 spiro atoms. The van der Waals surface area contributed by atoms with Crippen molar-refractivity contribution < 1.29 is 19.5 Å². The molecule has 0 bridgehead atoms. The van der Waals surface area contributed by atoms with Crippen molar-refractivity contribution >= 4 is 11.8 Å². The van der Waals surface area contributed by atoms with Gasteiger partial charge in [0, 0.05) is 0 Å². The summed E-state index contributed by atoms with van der Waals surface area (Å²) in [6.45, 7) is 2.57. The summed E-state index contributed by atoms with van der Waals surface area (Å²) in [5.74, 6) is 0. The van der Waals surface area contributed by atoms with Crippen molar-refractivity contribution in [2.75, 3.05) is 12.1 Å². The van der Waals surface area contributed by atoms with Gasteiger partial charge in [-0.25, -0.2) is 4.79 Å². The van der Waals surface area contributed by atoms with Gasteiger partial charge in [0.15, 0.2) is 0 Å². The number of hydrogen-bond acceptors (Lipinski definition) is 5. The molecule has 0 unspecified atom stereocenters. The van der Waals surface area contributed by atoms with Gasteiger partial charge in [-0.3, -0.25) is 10.7 Å². The molecule has 0 aliphatic rings. The van der Waals surface area contributed by atoms with Crippen molar-refractivity contribution in [3.05, 3.63) is 29.8 Å². The van der Waals surface area contributed by atoms with E-state index in [0.717, 1.165) is 18.4 Å². The van der Waals surface area contributed by atoms with Crippen LogP contribution in [0, 0.1) is 0 Å². The maximum atomic E-state index is 11.1. The van der Waals surface area contributed by atoms with Gasteiger partial charge in [0.25, 0.3) is 0 Å². The average molecular weight is 239 g/mol. The molecule has 5 heteroatoms. The molecule has 1 aromatic rings. The highest BCUT2D eigenvalue weighted by atomic mass is 16.7. The Kier molecular flexibility index (Phi) is 5.88. The van der Waals surface area contributed by atoms with Gasteiger partial charge < -0.3 is 9.47 Å². The second kappa shape index (κ2) is 7.51. The molecular formula is C12H17NO4. The third kappa shape index (κ3) is 5.21. The SMILES string of the molecule is CCCCOC(=O)OCc1ccc(NO)cc1. The van der Waals surface area contributed by atoms with Crippen molar-refractivity contribution in [1.29, 1.82) is 0 Å². The number of rotatable bonds is 6. The molecule has 0 aliphatic heterocycles. The standard InChI is InChI=1S/C12H17NO4/c1-2-3-8-16-12(14)17-9-10-4-6-11(13-15)7-5-10/h4-7,13,15H,2-3,8-9H2,1H3. The maximum absolute atomic E-state index is 11.1. The maximum Gasteiger partial charge on any atom is 0.508 e. The van der Waals surface area contributed by atoms with Crippen LogP contribution in [0.4, 0.5) is 10.5 Å². The Morgan fingerprint density at radius 1 is 1.29 bits per heavy atom. The molecule has 17 heavy (non-hydrogen) atoms. The molecule has 2 N–H and O–H groups in total. The Hall–Kier alpha value is -1.75. The van der Waals surface area contributed by atoms with E-state index in [1.165, 1.54) is 0 Å². The van der Waals surface area contributed by atoms with Crippen LogP contribution in [0.15, 0.2) is 24.3 Å². The monoisotopic (exact) mass is 239 g/mol. The summed E-state index contributed by atoms with van der Waals surface area (Å²) in [6.07, 6.45) is 1.16. The highest BCUT2D eigenvalue weighted by Gasteiger charge is 2.03. The van der Waals surface area contributed by atoms with Gasteiger partial charge in [-0.1, -0.05) is 25.5 Å². The number of nitrogens with one attached hydrogen (secondary N) is 1. The van der Waals surface area contributed by atoms with Crippen molar-refractivity contribution in [2.24, 2.45) is 0 Å². The Balaban J connectivity index is 2.27. The van der Waals surface area contributed by atoms with E-state index in [0.29, 0.717) is 12.3 Å². The minimum absolute atomic E-state index is 0.163. The molecule has 1 aromatic carbocycles. The van der Waals surface area contributed by atoms with Crippen molar-refractivity contribution in [2.45, 2.75) is 26.4 Å². The lowest BCUT2D eigenvalue weighted by Crippen LogP contribution is -2.08. The average Bonchev–Trinajstić information content (AvgIpc) is 2.37. The summed E-state index contributed by atoms with van der Waals surface area (Å²) in [4.78, 5) is 11.1. The molecule has 0 saturated heterocycles. The van der Waals surface area contributed by atoms with E-state index in [2.05, 4.69) is 0 Å². The van der Waals surface area contributed by atoms with E-state index < -0.39 is 6.16 Å². The molecule has 0 fully saturated rings. The van der Waals surface area contributed by atoms with E-state index in [-0.39, 0.29) is 6.61 Å². The first kappa shape index (κ1) is 13.3. The number of benzene rings is 1. The van der Waals surface area contributed by atoms with Crippen LogP contribution in [0.5, 0.6) is 0 Å². The minimum Gasteiger partial charge on any atom is -0.434 e. The molecule has 5 nitrogen and oxygen atoms in total. The molecular weight excluding hydrogens is 222 g/mol. The Labute approximate surface area is 100 Å². The van der Waals surface area contributed by atoms with Crippen LogP contribution >= 0.6 is 0 Å². The number of carbonyl (C=O) groups excluding carboxylic acids is 1. The van der Waals surface area contributed by atoms with E-state index in [4.69, 9.17) is 14.7 Å². The molecule has 0 saturated carbocycles. The smallest absolute Gasteiger partial charge is 0.434 e. The van der Waals surface area contributed by atoms with Crippen LogP contribution in [0.1, 0.15) is 25.3 Å². The summed E-state index contributed by atoms with van der Waals surface area (Å²) < 4.78 is 9.74. The first-order valence-electron chi connectivity index (χ1n) is 5.55. The topological polar surface area (TPSA) is 67.8 Å². The highest BCUT2D eigenvalue weighted by Crippen LogP contribution is 2.09. The molecule has 0 aromatic heterocycles. The summed E-state index contributed by atoms with van der Waals surface area (Å²) in [7, 11) is 0. The first-order valence-corrected chi connectivity index (χ1v) is 5.55. The fourth-order valence-corrected chi connectivity index (χ4v) is 1.16. The normalized spacial score (nSPS) is 9.76. The van der Waals surface area contributed by atoms with Crippen LogP contribution in [-0.2, 0) is 16.1 Å². The summed E-state index contributed by atoms with van der Waals surface area (Å²) >= 11 is 0. The van der Waals surface area contributed by atoms with Gasteiger partial charge in [0.2, 0.25) is 0 Å².